The molecule has 0 aliphatic heterocycles. The van der Waals surface area contributed by atoms with Crippen molar-refractivity contribution in [2.24, 2.45) is 0 Å². The zero-order valence-corrected chi connectivity index (χ0v) is 18.6. The summed E-state index contributed by atoms with van der Waals surface area (Å²) < 4.78 is 12.4. The van der Waals surface area contributed by atoms with Crippen molar-refractivity contribution in [1.82, 2.24) is 4.57 Å². The van der Waals surface area contributed by atoms with Crippen LogP contribution < -0.4 is 0 Å². The molecule has 1 heterocycles. The number of Topliss-reactive ketones (excluding diaryl/α,β-unsaturated/α-hetero) is 1. The quantitative estimate of drug-likeness (QED) is 0.269. The predicted octanol–water partition coefficient (Wildman–Crippen LogP) is 4.41. The Labute approximate surface area is 187 Å². The van der Waals surface area contributed by atoms with Crippen molar-refractivity contribution in [2.45, 2.75) is 26.8 Å². The summed E-state index contributed by atoms with van der Waals surface area (Å²) in [6, 6.07) is 17.0. The molecule has 0 saturated heterocycles. The average molecular weight is 434 g/mol. The summed E-state index contributed by atoms with van der Waals surface area (Å²) in [6.07, 6.45) is 0.845. The van der Waals surface area contributed by atoms with Crippen molar-refractivity contribution in [3.8, 4) is 0 Å². The van der Waals surface area contributed by atoms with E-state index in [0.29, 0.717) is 23.3 Å². The third-order valence-corrected chi connectivity index (χ3v) is 5.36. The third-order valence-electron chi connectivity index (χ3n) is 5.36. The van der Waals surface area contributed by atoms with Crippen LogP contribution in [0.3, 0.4) is 0 Å². The molecule has 0 atom stereocenters. The van der Waals surface area contributed by atoms with Gasteiger partial charge in [0.25, 0.3) is 0 Å². The number of aromatic nitrogens is 1. The minimum absolute atomic E-state index is 0.124. The number of ketones is 2. The first kappa shape index (κ1) is 23.2. The molecule has 6 nitrogen and oxygen atoms in total. The summed E-state index contributed by atoms with van der Waals surface area (Å²) in [5.41, 5.74) is 3.72. The van der Waals surface area contributed by atoms with Crippen molar-refractivity contribution >= 4 is 17.5 Å². The number of rotatable bonds is 10. The van der Waals surface area contributed by atoms with E-state index in [1.54, 1.807) is 43.5 Å². The standard InChI is InChI=1S/C26H27NO5/c1-18-16-23(19(2)27(18)14-7-15-31-3)24(28)17-32-26(30)22-12-10-21(11-13-22)25(29)20-8-5-4-6-9-20/h4-6,8-13,16H,7,14-15,17H2,1-3H3. The zero-order valence-electron chi connectivity index (χ0n) is 18.6. The molecular formula is C26H27NO5. The van der Waals surface area contributed by atoms with Crippen molar-refractivity contribution < 1.29 is 23.9 Å². The Balaban J connectivity index is 1.60. The summed E-state index contributed by atoms with van der Waals surface area (Å²) in [7, 11) is 1.66. The van der Waals surface area contributed by atoms with Gasteiger partial charge in [0.2, 0.25) is 5.78 Å². The average Bonchev–Trinajstić information content (AvgIpc) is 3.11. The summed E-state index contributed by atoms with van der Waals surface area (Å²) in [6.45, 7) is 4.89. The molecule has 0 fully saturated rings. The summed E-state index contributed by atoms with van der Waals surface area (Å²) in [4.78, 5) is 37.5. The molecular weight excluding hydrogens is 406 g/mol. The number of carbonyl (C=O) groups excluding carboxylic acids is 3. The lowest BCUT2D eigenvalue weighted by Crippen LogP contribution is -2.15. The number of benzene rings is 2. The smallest absolute Gasteiger partial charge is 0.338 e. The molecule has 0 spiro atoms. The summed E-state index contributed by atoms with van der Waals surface area (Å²) >= 11 is 0. The van der Waals surface area contributed by atoms with E-state index in [-0.39, 0.29) is 23.7 Å². The highest BCUT2D eigenvalue weighted by molar-refractivity contribution is 6.09. The van der Waals surface area contributed by atoms with Gasteiger partial charge < -0.3 is 14.0 Å². The molecule has 0 saturated carbocycles. The van der Waals surface area contributed by atoms with Crippen LogP contribution in [0.25, 0.3) is 0 Å². The maximum absolute atomic E-state index is 12.6. The van der Waals surface area contributed by atoms with Gasteiger partial charge in [0.1, 0.15) is 0 Å². The Kier molecular flexibility index (Phi) is 7.73. The highest BCUT2D eigenvalue weighted by Gasteiger charge is 2.18. The third kappa shape index (κ3) is 5.39. The Morgan fingerprint density at radius 1 is 0.875 bits per heavy atom. The van der Waals surface area contributed by atoms with Gasteiger partial charge in [-0.2, -0.15) is 0 Å². The maximum atomic E-state index is 12.6. The molecule has 0 unspecified atom stereocenters. The van der Waals surface area contributed by atoms with Crippen molar-refractivity contribution in [1.29, 1.82) is 0 Å². The van der Waals surface area contributed by atoms with E-state index in [4.69, 9.17) is 9.47 Å². The van der Waals surface area contributed by atoms with Crippen LogP contribution >= 0.6 is 0 Å². The van der Waals surface area contributed by atoms with Crippen LogP contribution in [-0.4, -0.2) is 42.4 Å². The van der Waals surface area contributed by atoms with E-state index in [2.05, 4.69) is 4.57 Å². The number of carbonyl (C=O) groups is 3. The minimum Gasteiger partial charge on any atom is -0.454 e. The van der Waals surface area contributed by atoms with Crippen molar-refractivity contribution in [3.63, 3.8) is 0 Å². The van der Waals surface area contributed by atoms with Crippen LogP contribution in [0.4, 0.5) is 0 Å². The summed E-state index contributed by atoms with van der Waals surface area (Å²) in [5, 5.41) is 0. The molecule has 3 aromatic rings. The van der Waals surface area contributed by atoms with E-state index in [9.17, 15) is 14.4 Å². The van der Waals surface area contributed by atoms with Crippen LogP contribution in [0.15, 0.2) is 60.7 Å². The van der Waals surface area contributed by atoms with Gasteiger partial charge >= 0.3 is 5.97 Å². The van der Waals surface area contributed by atoms with Gasteiger partial charge in [-0.05, 0) is 38.5 Å². The molecule has 0 aliphatic rings. The van der Waals surface area contributed by atoms with E-state index in [0.717, 1.165) is 24.4 Å². The molecule has 0 aliphatic carbocycles. The van der Waals surface area contributed by atoms with Gasteiger partial charge in [-0.3, -0.25) is 9.59 Å². The van der Waals surface area contributed by atoms with Crippen LogP contribution in [0.2, 0.25) is 0 Å². The number of esters is 1. The second-order valence-electron chi connectivity index (χ2n) is 7.55. The minimum atomic E-state index is -0.606. The van der Waals surface area contributed by atoms with Gasteiger partial charge in [-0.1, -0.05) is 42.5 Å². The monoisotopic (exact) mass is 433 g/mol. The first-order valence-corrected chi connectivity index (χ1v) is 10.5. The molecule has 0 radical (unpaired) electrons. The number of aryl methyl sites for hydroxylation is 1. The molecule has 32 heavy (non-hydrogen) atoms. The van der Waals surface area contributed by atoms with Gasteiger partial charge in [0.05, 0.1) is 5.56 Å². The van der Waals surface area contributed by atoms with Gasteiger partial charge in [-0.15, -0.1) is 0 Å². The fourth-order valence-electron chi connectivity index (χ4n) is 3.60. The Bertz CT molecular complexity index is 1100. The maximum Gasteiger partial charge on any atom is 0.338 e. The van der Waals surface area contributed by atoms with Crippen LogP contribution in [0.1, 0.15) is 54.4 Å². The molecule has 166 valence electrons. The van der Waals surface area contributed by atoms with Gasteiger partial charge in [-0.25, -0.2) is 4.79 Å². The van der Waals surface area contributed by atoms with Gasteiger partial charge in [0.15, 0.2) is 12.4 Å². The lowest BCUT2D eigenvalue weighted by atomic mass is 10.0. The number of hydrogen-bond donors (Lipinski definition) is 0. The largest absolute Gasteiger partial charge is 0.454 e. The lowest BCUT2D eigenvalue weighted by Gasteiger charge is -2.09. The van der Waals surface area contributed by atoms with Crippen LogP contribution in [0.5, 0.6) is 0 Å². The van der Waals surface area contributed by atoms with E-state index in [1.165, 1.54) is 12.1 Å². The molecule has 6 heteroatoms. The predicted molar refractivity (Wildman–Crippen MR) is 121 cm³/mol. The Morgan fingerprint density at radius 3 is 2.16 bits per heavy atom. The Morgan fingerprint density at radius 2 is 1.50 bits per heavy atom. The van der Waals surface area contributed by atoms with Crippen molar-refractivity contribution in [2.75, 3.05) is 20.3 Å². The van der Waals surface area contributed by atoms with Crippen LogP contribution in [-0.2, 0) is 16.0 Å². The van der Waals surface area contributed by atoms with Gasteiger partial charge in [0, 0.05) is 48.3 Å². The Hall–Kier alpha value is -3.51. The fraction of sp³-hybridized carbons (Fsp3) is 0.269. The number of ether oxygens (including phenoxy) is 2. The highest BCUT2D eigenvalue weighted by atomic mass is 16.5. The molecule has 0 amide bonds. The zero-order chi connectivity index (χ0) is 23.1. The second kappa shape index (κ2) is 10.7. The molecule has 3 rings (SSSR count). The molecule has 0 bridgehead atoms. The molecule has 2 aromatic carbocycles. The number of nitrogens with zero attached hydrogens (tertiary/aromatic N) is 1. The van der Waals surface area contributed by atoms with E-state index < -0.39 is 5.97 Å². The topological polar surface area (TPSA) is 74.6 Å². The number of methoxy groups -OCH3 is 1. The molecule has 0 N–H and O–H groups in total. The first-order chi connectivity index (χ1) is 15.4. The first-order valence-electron chi connectivity index (χ1n) is 10.5. The van der Waals surface area contributed by atoms with Crippen LogP contribution in [0, 0.1) is 13.8 Å². The van der Waals surface area contributed by atoms with E-state index >= 15 is 0 Å². The van der Waals surface area contributed by atoms with E-state index in [1.807, 2.05) is 26.0 Å². The fourth-order valence-corrected chi connectivity index (χ4v) is 3.60. The molecule has 1 aromatic heterocycles. The summed E-state index contributed by atoms with van der Waals surface area (Å²) in [5.74, 6) is -0.979. The lowest BCUT2D eigenvalue weighted by molar-refractivity contribution is 0.0474. The highest BCUT2D eigenvalue weighted by Crippen LogP contribution is 2.17. The second-order valence-corrected chi connectivity index (χ2v) is 7.55. The van der Waals surface area contributed by atoms with Crippen molar-refractivity contribution in [3.05, 3.63) is 94.3 Å². The SMILES string of the molecule is COCCCn1c(C)cc(C(=O)COC(=O)c2ccc(C(=O)c3ccccc3)cc2)c1C. The normalized spacial score (nSPS) is 10.7. The number of hydrogen-bond acceptors (Lipinski definition) is 5.